The average molecular weight is 301 g/mol. The summed E-state index contributed by atoms with van der Waals surface area (Å²) >= 11 is 3.22. The zero-order chi connectivity index (χ0) is 13.0. The quantitative estimate of drug-likeness (QED) is 0.842. The molecule has 0 aliphatic carbocycles. The summed E-state index contributed by atoms with van der Waals surface area (Å²) in [5, 5.41) is 9.19. The van der Waals surface area contributed by atoms with Crippen LogP contribution in [0, 0.1) is 0 Å². The maximum absolute atomic E-state index is 11.2. The number of carbonyl (C=O) groups excluding carboxylic acids is 1. The van der Waals surface area contributed by atoms with Crippen molar-refractivity contribution in [1.82, 2.24) is 9.88 Å². The summed E-state index contributed by atoms with van der Waals surface area (Å²) < 4.78 is 0.757. The summed E-state index contributed by atoms with van der Waals surface area (Å²) in [4.78, 5) is 27.4. The minimum Gasteiger partial charge on any atom is -0.479 e. The summed E-state index contributed by atoms with van der Waals surface area (Å²) in [5.74, 6) is -1.10. The molecular formula is C11H13BrN2O3. The van der Waals surface area contributed by atoms with Crippen LogP contribution in [0.3, 0.4) is 0 Å². The van der Waals surface area contributed by atoms with E-state index >= 15 is 0 Å². The molecule has 1 N–H and O–H groups in total. The van der Waals surface area contributed by atoms with Gasteiger partial charge in [-0.3, -0.25) is 9.78 Å². The van der Waals surface area contributed by atoms with Gasteiger partial charge in [0.05, 0.1) is 5.69 Å². The third-order valence-corrected chi connectivity index (χ3v) is 2.75. The first-order chi connectivity index (χ1) is 7.97. The fraction of sp³-hybridized carbons (Fsp3) is 0.364. The number of carboxylic acids is 1. The van der Waals surface area contributed by atoms with Gasteiger partial charge in [-0.2, -0.15) is 0 Å². The van der Waals surface area contributed by atoms with E-state index in [1.807, 2.05) is 0 Å². The highest BCUT2D eigenvalue weighted by Gasteiger charge is 2.29. The second-order valence-corrected chi connectivity index (χ2v) is 4.70. The summed E-state index contributed by atoms with van der Waals surface area (Å²) in [6.07, 6.45) is 2.04. The first kappa shape index (κ1) is 13.6. The number of nitrogens with zero attached hydrogens (tertiary/aromatic N) is 2. The Labute approximate surface area is 108 Å². The monoisotopic (exact) mass is 300 g/mol. The Kier molecular flexibility index (Phi) is 4.62. The standard InChI is InChI=1S/C11H13BrN2O3/c1-7(2)14(6-15)10(11(16)17)9-4-3-8(12)5-13-9/h3-7,10H,1-2H3,(H,16,17). The Morgan fingerprint density at radius 1 is 1.53 bits per heavy atom. The molecule has 0 spiro atoms. The van der Waals surface area contributed by atoms with Crippen molar-refractivity contribution in [3.8, 4) is 0 Å². The zero-order valence-electron chi connectivity index (χ0n) is 9.50. The molecule has 1 aromatic rings. The van der Waals surface area contributed by atoms with Crippen molar-refractivity contribution in [2.75, 3.05) is 0 Å². The van der Waals surface area contributed by atoms with Gasteiger partial charge in [-0.05, 0) is 41.9 Å². The first-order valence-electron chi connectivity index (χ1n) is 5.04. The van der Waals surface area contributed by atoms with Gasteiger partial charge in [-0.25, -0.2) is 4.79 Å². The van der Waals surface area contributed by atoms with Crippen molar-refractivity contribution in [3.05, 3.63) is 28.5 Å². The molecule has 0 aliphatic heterocycles. The number of hydrogen-bond acceptors (Lipinski definition) is 3. The van der Waals surface area contributed by atoms with E-state index in [-0.39, 0.29) is 6.04 Å². The van der Waals surface area contributed by atoms with Gasteiger partial charge in [0.25, 0.3) is 0 Å². The molecule has 5 nitrogen and oxygen atoms in total. The van der Waals surface area contributed by atoms with Gasteiger partial charge in [0, 0.05) is 16.7 Å². The highest BCUT2D eigenvalue weighted by atomic mass is 79.9. The van der Waals surface area contributed by atoms with E-state index in [9.17, 15) is 14.7 Å². The molecule has 0 radical (unpaired) electrons. The third kappa shape index (κ3) is 3.26. The molecule has 1 rings (SSSR count). The molecule has 1 aromatic heterocycles. The number of aromatic nitrogens is 1. The van der Waals surface area contributed by atoms with E-state index in [1.54, 1.807) is 26.0 Å². The van der Waals surface area contributed by atoms with Gasteiger partial charge in [-0.1, -0.05) is 0 Å². The van der Waals surface area contributed by atoms with Gasteiger partial charge < -0.3 is 10.0 Å². The largest absolute Gasteiger partial charge is 0.479 e. The predicted molar refractivity (Wildman–Crippen MR) is 65.4 cm³/mol. The molecule has 0 saturated carbocycles. The van der Waals surface area contributed by atoms with Crippen LogP contribution in [0.25, 0.3) is 0 Å². The lowest BCUT2D eigenvalue weighted by molar-refractivity contribution is -0.148. The Morgan fingerprint density at radius 2 is 2.18 bits per heavy atom. The number of aliphatic carboxylic acids is 1. The average Bonchev–Trinajstić information content (AvgIpc) is 2.26. The van der Waals surface area contributed by atoms with E-state index in [1.165, 1.54) is 11.1 Å². The van der Waals surface area contributed by atoms with Gasteiger partial charge in [0.15, 0.2) is 6.04 Å². The molecule has 0 aliphatic rings. The van der Waals surface area contributed by atoms with Crippen molar-refractivity contribution < 1.29 is 14.7 Å². The lowest BCUT2D eigenvalue weighted by atomic mass is 10.1. The number of carbonyl (C=O) groups is 2. The van der Waals surface area contributed by atoms with Crippen LogP contribution in [0.2, 0.25) is 0 Å². The van der Waals surface area contributed by atoms with Gasteiger partial charge in [0.2, 0.25) is 6.41 Å². The Balaban J connectivity index is 3.12. The van der Waals surface area contributed by atoms with Gasteiger partial charge >= 0.3 is 5.97 Å². The normalized spacial score (nSPS) is 12.2. The second kappa shape index (κ2) is 5.77. The van der Waals surface area contributed by atoms with Crippen molar-refractivity contribution in [3.63, 3.8) is 0 Å². The van der Waals surface area contributed by atoms with Crippen LogP contribution >= 0.6 is 15.9 Å². The van der Waals surface area contributed by atoms with E-state index in [0.717, 1.165) is 4.47 Å². The van der Waals surface area contributed by atoms with Crippen LogP contribution in [0.5, 0.6) is 0 Å². The predicted octanol–water partition coefficient (Wildman–Crippen LogP) is 1.84. The van der Waals surface area contributed by atoms with Crippen LogP contribution in [0.15, 0.2) is 22.8 Å². The SMILES string of the molecule is CC(C)N(C=O)C(C(=O)O)c1ccc(Br)cn1. The molecule has 0 saturated heterocycles. The number of rotatable bonds is 5. The van der Waals surface area contributed by atoms with Crippen molar-refractivity contribution in [2.45, 2.75) is 25.9 Å². The Morgan fingerprint density at radius 3 is 2.53 bits per heavy atom. The molecule has 0 aromatic carbocycles. The molecule has 1 unspecified atom stereocenters. The minimum absolute atomic E-state index is 0.209. The van der Waals surface area contributed by atoms with E-state index < -0.39 is 12.0 Å². The molecule has 0 bridgehead atoms. The van der Waals surface area contributed by atoms with Crippen molar-refractivity contribution in [1.29, 1.82) is 0 Å². The maximum atomic E-state index is 11.2. The van der Waals surface area contributed by atoms with Crippen LogP contribution in [-0.2, 0) is 9.59 Å². The molecule has 17 heavy (non-hydrogen) atoms. The Hall–Kier alpha value is -1.43. The van der Waals surface area contributed by atoms with Crippen LogP contribution in [-0.4, -0.2) is 33.4 Å². The van der Waals surface area contributed by atoms with Crippen LogP contribution < -0.4 is 0 Å². The fourth-order valence-electron chi connectivity index (χ4n) is 1.44. The number of pyridine rings is 1. The van der Waals surface area contributed by atoms with Crippen LogP contribution in [0.1, 0.15) is 25.6 Å². The number of amides is 1. The fourth-order valence-corrected chi connectivity index (χ4v) is 1.67. The lowest BCUT2D eigenvalue weighted by Crippen LogP contribution is -2.38. The summed E-state index contributed by atoms with van der Waals surface area (Å²) in [6.45, 7) is 3.51. The van der Waals surface area contributed by atoms with Crippen LogP contribution in [0.4, 0.5) is 0 Å². The summed E-state index contributed by atoms with van der Waals surface area (Å²) in [7, 11) is 0. The number of carboxylic acid groups (broad SMARTS) is 1. The third-order valence-electron chi connectivity index (χ3n) is 2.28. The van der Waals surface area contributed by atoms with E-state index in [2.05, 4.69) is 20.9 Å². The minimum atomic E-state index is -1.10. The summed E-state index contributed by atoms with van der Waals surface area (Å²) in [5.41, 5.74) is 0.335. The molecule has 0 fully saturated rings. The molecule has 92 valence electrons. The zero-order valence-corrected chi connectivity index (χ0v) is 11.1. The summed E-state index contributed by atoms with van der Waals surface area (Å²) in [6, 6.07) is 2.02. The molecule has 1 atom stereocenters. The van der Waals surface area contributed by atoms with Crippen molar-refractivity contribution >= 4 is 28.3 Å². The highest BCUT2D eigenvalue weighted by Crippen LogP contribution is 2.21. The van der Waals surface area contributed by atoms with E-state index in [0.29, 0.717) is 12.1 Å². The molecule has 6 heteroatoms. The number of halogens is 1. The molecule has 1 amide bonds. The molecule has 1 heterocycles. The lowest BCUT2D eigenvalue weighted by Gasteiger charge is -2.28. The second-order valence-electron chi connectivity index (χ2n) is 3.79. The first-order valence-corrected chi connectivity index (χ1v) is 5.83. The van der Waals surface area contributed by atoms with Crippen molar-refractivity contribution in [2.24, 2.45) is 0 Å². The van der Waals surface area contributed by atoms with Gasteiger partial charge in [0.1, 0.15) is 0 Å². The highest BCUT2D eigenvalue weighted by molar-refractivity contribution is 9.10. The smallest absolute Gasteiger partial charge is 0.332 e. The van der Waals surface area contributed by atoms with E-state index in [4.69, 9.17) is 0 Å². The molecular weight excluding hydrogens is 288 g/mol. The number of hydrogen-bond donors (Lipinski definition) is 1. The Bertz CT molecular complexity index is 406. The van der Waals surface area contributed by atoms with Gasteiger partial charge in [-0.15, -0.1) is 0 Å². The topological polar surface area (TPSA) is 70.5 Å². The maximum Gasteiger partial charge on any atom is 0.332 e.